The molecule has 0 aromatic rings. The van der Waals surface area contributed by atoms with Crippen LogP contribution in [-0.4, -0.2) is 38.0 Å². The summed E-state index contributed by atoms with van der Waals surface area (Å²) in [5.41, 5.74) is 0.651. The molecule has 2 aliphatic heterocycles. The van der Waals surface area contributed by atoms with Gasteiger partial charge >= 0.3 is 0 Å². The van der Waals surface area contributed by atoms with E-state index in [9.17, 15) is 0 Å². The van der Waals surface area contributed by atoms with Crippen LogP contribution in [0.2, 0.25) is 0 Å². The lowest BCUT2D eigenvalue weighted by molar-refractivity contribution is -0.263. The van der Waals surface area contributed by atoms with Crippen LogP contribution >= 0.6 is 0 Å². The molecule has 0 amide bonds. The molecular formula is C24H38O4. The van der Waals surface area contributed by atoms with E-state index in [-0.39, 0.29) is 17.0 Å². The van der Waals surface area contributed by atoms with Gasteiger partial charge in [0, 0.05) is 24.7 Å². The summed E-state index contributed by atoms with van der Waals surface area (Å²) in [5.74, 6) is 3.41. The van der Waals surface area contributed by atoms with Gasteiger partial charge in [-0.3, -0.25) is 0 Å². The van der Waals surface area contributed by atoms with Crippen LogP contribution in [0.3, 0.4) is 0 Å². The molecule has 2 heterocycles. The van der Waals surface area contributed by atoms with Crippen LogP contribution in [0.15, 0.2) is 0 Å². The van der Waals surface area contributed by atoms with Crippen molar-refractivity contribution in [3.8, 4) is 0 Å². The van der Waals surface area contributed by atoms with E-state index >= 15 is 0 Å². The Hall–Kier alpha value is -0.160. The van der Waals surface area contributed by atoms with E-state index in [1.807, 2.05) is 0 Å². The average Bonchev–Trinajstić information content (AvgIpc) is 3.39. The maximum Gasteiger partial charge on any atom is 0.174 e. The summed E-state index contributed by atoms with van der Waals surface area (Å²) in [6.07, 6.45) is 9.87. The molecule has 6 aliphatic rings. The van der Waals surface area contributed by atoms with Crippen LogP contribution in [0.5, 0.6) is 0 Å². The molecule has 4 heteroatoms. The second-order valence-corrected chi connectivity index (χ2v) is 11.5. The van der Waals surface area contributed by atoms with Gasteiger partial charge in [0.15, 0.2) is 11.6 Å². The summed E-state index contributed by atoms with van der Waals surface area (Å²) in [5, 5.41) is 0. The first kappa shape index (κ1) is 18.6. The minimum Gasteiger partial charge on any atom is -0.348 e. The number of ether oxygens (including phenoxy) is 4. The number of hydrogen-bond donors (Lipinski definition) is 0. The lowest BCUT2D eigenvalue weighted by Crippen LogP contribution is -2.60. The zero-order valence-electron chi connectivity index (χ0n) is 18.0. The molecule has 6 rings (SSSR count). The quantitative estimate of drug-likeness (QED) is 0.597. The summed E-state index contributed by atoms with van der Waals surface area (Å²) >= 11 is 0. The Morgan fingerprint density at radius 2 is 1.39 bits per heavy atom. The normalized spacial score (nSPS) is 53.9. The minimum atomic E-state index is -0.272. The average molecular weight is 391 g/mol. The van der Waals surface area contributed by atoms with Crippen molar-refractivity contribution in [2.75, 3.05) is 26.4 Å². The van der Waals surface area contributed by atoms with Crippen LogP contribution in [0.25, 0.3) is 0 Å². The molecule has 158 valence electrons. The first-order valence-corrected chi connectivity index (χ1v) is 12.0. The molecular weight excluding hydrogens is 352 g/mol. The van der Waals surface area contributed by atoms with Gasteiger partial charge in [-0.05, 0) is 67.1 Å². The Kier molecular flexibility index (Phi) is 3.96. The highest BCUT2D eigenvalue weighted by Crippen LogP contribution is 2.71. The largest absolute Gasteiger partial charge is 0.348 e. The van der Waals surface area contributed by atoms with Gasteiger partial charge in [-0.2, -0.15) is 0 Å². The molecule has 0 aromatic heterocycles. The van der Waals surface area contributed by atoms with Gasteiger partial charge in [-0.1, -0.05) is 20.8 Å². The fraction of sp³-hybridized carbons (Fsp3) is 1.00. The summed E-state index contributed by atoms with van der Waals surface area (Å²) in [7, 11) is 0. The molecule has 4 aliphatic carbocycles. The van der Waals surface area contributed by atoms with Gasteiger partial charge in [0.25, 0.3) is 0 Å². The van der Waals surface area contributed by atoms with Gasteiger partial charge in [0.05, 0.1) is 26.4 Å². The highest BCUT2D eigenvalue weighted by Gasteiger charge is 2.68. The van der Waals surface area contributed by atoms with Crippen LogP contribution in [0, 0.1) is 40.4 Å². The fourth-order valence-electron chi connectivity index (χ4n) is 9.30. The van der Waals surface area contributed by atoms with Gasteiger partial charge in [-0.15, -0.1) is 0 Å². The van der Waals surface area contributed by atoms with E-state index in [0.29, 0.717) is 5.41 Å². The molecule has 0 radical (unpaired) electrons. The topological polar surface area (TPSA) is 36.9 Å². The molecule has 7 atom stereocenters. The molecule has 28 heavy (non-hydrogen) atoms. The Morgan fingerprint density at radius 3 is 2.14 bits per heavy atom. The Labute approximate surface area is 170 Å². The Bertz CT molecular complexity index is 637. The van der Waals surface area contributed by atoms with E-state index in [0.717, 1.165) is 75.3 Å². The van der Waals surface area contributed by atoms with Crippen LogP contribution < -0.4 is 0 Å². The van der Waals surface area contributed by atoms with E-state index in [1.165, 1.54) is 32.1 Å². The van der Waals surface area contributed by atoms with Crippen molar-refractivity contribution in [2.45, 2.75) is 83.7 Å². The predicted molar refractivity (Wildman–Crippen MR) is 106 cm³/mol. The fourth-order valence-corrected chi connectivity index (χ4v) is 9.30. The zero-order valence-corrected chi connectivity index (χ0v) is 18.0. The number of hydrogen-bond acceptors (Lipinski definition) is 4. The second-order valence-electron chi connectivity index (χ2n) is 11.5. The monoisotopic (exact) mass is 390 g/mol. The van der Waals surface area contributed by atoms with Gasteiger partial charge in [-0.25, -0.2) is 0 Å². The summed E-state index contributed by atoms with van der Waals surface area (Å²) in [4.78, 5) is 0. The van der Waals surface area contributed by atoms with Crippen LogP contribution in [0.4, 0.5) is 0 Å². The van der Waals surface area contributed by atoms with Crippen molar-refractivity contribution in [1.82, 2.24) is 0 Å². The molecule has 0 bridgehead atoms. The van der Waals surface area contributed by atoms with E-state index in [2.05, 4.69) is 20.8 Å². The number of rotatable bonds is 0. The summed E-state index contributed by atoms with van der Waals surface area (Å²) in [6.45, 7) is 10.8. The van der Waals surface area contributed by atoms with Crippen molar-refractivity contribution in [2.24, 2.45) is 40.4 Å². The van der Waals surface area contributed by atoms with Crippen LogP contribution in [0.1, 0.15) is 72.1 Å². The smallest absolute Gasteiger partial charge is 0.174 e. The van der Waals surface area contributed by atoms with Gasteiger partial charge in [0.1, 0.15) is 0 Å². The SMILES string of the molecule is C[C@@H]1C[C@@H]2[C@H](CC[C@@]3(C)[C@H]2CCC32OCCO2)[C@@]2(C)CCC3(CC12)OCCO3. The highest BCUT2D eigenvalue weighted by atomic mass is 16.7. The third-order valence-corrected chi connectivity index (χ3v) is 10.6. The number of fused-ring (bicyclic) bond motifs is 6. The molecule has 6 fully saturated rings. The first-order valence-electron chi connectivity index (χ1n) is 12.0. The molecule has 0 aromatic carbocycles. The summed E-state index contributed by atoms with van der Waals surface area (Å²) < 4.78 is 24.9. The molecule has 1 unspecified atom stereocenters. The minimum absolute atomic E-state index is 0.209. The van der Waals surface area contributed by atoms with Crippen molar-refractivity contribution in [3.05, 3.63) is 0 Å². The molecule has 2 spiro atoms. The van der Waals surface area contributed by atoms with Gasteiger partial charge in [0.2, 0.25) is 0 Å². The zero-order chi connectivity index (χ0) is 19.2. The van der Waals surface area contributed by atoms with Crippen molar-refractivity contribution < 1.29 is 18.9 Å². The maximum absolute atomic E-state index is 6.32. The van der Waals surface area contributed by atoms with Crippen molar-refractivity contribution in [1.29, 1.82) is 0 Å². The van der Waals surface area contributed by atoms with E-state index < -0.39 is 0 Å². The summed E-state index contributed by atoms with van der Waals surface area (Å²) in [6, 6.07) is 0. The lowest BCUT2D eigenvalue weighted by Gasteiger charge is -2.64. The van der Waals surface area contributed by atoms with E-state index in [4.69, 9.17) is 18.9 Å². The first-order chi connectivity index (χ1) is 13.4. The van der Waals surface area contributed by atoms with Crippen molar-refractivity contribution in [3.63, 3.8) is 0 Å². The predicted octanol–water partition coefficient (Wildman–Crippen LogP) is 4.76. The third kappa shape index (κ3) is 2.22. The molecule has 4 saturated carbocycles. The van der Waals surface area contributed by atoms with E-state index in [1.54, 1.807) is 0 Å². The second kappa shape index (κ2) is 5.96. The Morgan fingerprint density at radius 1 is 0.714 bits per heavy atom. The Balaban J connectivity index is 1.31. The van der Waals surface area contributed by atoms with Gasteiger partial charge < -0.3 is 18.9 Å². The van der Waals surface area contributed by atoms with Crippen LogP contribution in [-0.2, 0) is 18.9 Å². The molecule has 0 N–H and O–H groups in total. The lowest BCUT2D eigenvalue weighted by atomic mass is 9.42. The standard InChI is InChI=1S/C24H38O4/c1-16-14-17-18(21(2)8-9-23(15-20(16)21)25-10-11-26-23)4-6-22(3)19(17)5-7-24(22)27-12-13-28-24/h16-20H,4-15H2,1-3H3/t16-,17-,18+,19+,20?,21-,22+/m1/s1. The third-order valence-electron chi connectivity index (χ3n) is 10.6. The molecule has 4 nitrogen and oxygen atoms in total. The highest BCUT2D eigenvalue weighted by molar-refractivity contribution is 5.14. The van der Waals surface area contributed by atoms with Crippen molar-refractivity contribution >= 4 is 0 Å². The maximum atomic E-state index is 6.32. The molecule has 2 saturated heterocycles.